The van der Waals surface area contributed by atoms with Crippen molar-refractivity contribution in [2.75, 3.05) is 19.0 Å². The summed E-state index contributed by atoms with van der Waals surface area (Å²) in [6.07, 6.45) is 1.98. The molecule has 22 heavy (non-hydrogen) atoms. The number of nitrogens with one attached hydrogen (secondary N) is 1. The quantitative estimate of drug-likeness (QED) is 0.651. The van der Waals surface area contributed by atoms with Crippen molar-refractivity contribution < 1.29 is 9.72 Å². The first-order valence-electron chi connectivity index (χ1n) is 6.59. The van der Waals surface area contributed by atoms with Gasteiger partial charge in [0.25, 0.3) is 11.6 Å². The second kappa shape index (κ2) is 5.06. The van der Waals surface area contributed by atoms with Gasteiger partial charge in [-0.05, 0) is 12.1 Å². The van der Waals surface area contributed by atoms with Crippen LogP contribution in [0, 0.1) is 10.1 Å². The maximum Gasteiger partial charge on any atom is 0.271 e. The van der Waals surface area contributed by atoms with Crippen LogP contribution in [0.3, 0.4) is 0 Å². The Morgan fingerprint density at radius 1 is 1.36 bits per heavy atom. The first-order chi connectivity index (χ1) is 10.5. The molecule has 0 bridgehead atoms. The zero-order valence-electron chi connectivity index (χ0n) is 12.0. The second-order valence-electron chi connectivity index (χ2n) is 5.09. The number of nitro benzene ring substituents is 1. The highest BCUT2D eigenvalue weighted by Crippen LogP contribution is 2.30. The molecule has 112 valence electrons. The van der Waals surface area contributed by atoms with Gasteiger partial charge in [0.1, 0.15) is 5.82 Å². The molecule has 1 aromatic carbocycles. The van der Waals surface area contributed by atoms with Gasteiger partial charge < -0.3 is 9.88 Å². The maximum absolute atomic E-state index is 11.3. The van der Waals surface area contributed by atoms with Gasteiger partial charge in [-0.25, -0.2) is 4.98 Å². The van der Waals surface area contributed by atoms with Crippen molar-refractivity contribution in [2.24, 2.45) is 4.99 Å². The van der Waals surface area contributed by atoms with Crippen LogP contribution in [0.1, 0.15) is 6.42 Å². The normalized spacial score (nSPS) is 13.1. The number of carbonyl (C=O) groups excluding carboxylic acids is 1. The molecule has 0 fully saturated rings. The highest BCUT2D eigenvalue weighted by Gasteiger charge is 2.16. The highest BCUT2D eigenvalue weighted by molar-refractivity contribution is 5.83. The van der Waals surface area contributed by atoms with E-state index in [1.165, 1.54) is 12.1 Å². The Morgan fingerprint density at radius 2 is 2.14 bits per heavy atom. The summed E-state index contributed by atoms with van der Waals surface area (Å²) in [6.45, 7) is 0. The molecular weight excluding hydrogens is 286 g/mol. The fourth-order valence-corrected chi connectivity index (χ4v) is 2.29. The van der Waals surface area contributed by atoms with Gasteiger partial charge in [-0.1, -0.05) is 0 Å². The summed E-state index contributed by atoms with van der Waals surface area (Å²) in [5.74, 6) is 0.292. The lowest BCUT2D eigenvalue weighted by atomic mass is 10.1. The van der Waals surface area contributed by atoms with Crippen LogP contribution >= 0.6 is 0 Å². The minimum Gasteiger partial charge on any atom is -0.377 e. The average molecular weight is 299 g/mol. The number of H-pyrrole nitrogens is 1. The molecule has 0 saturated carbocycles. The molecule has 8 nitrogen and oxygen atoms in total. The number of hydrogen-bond donors (Lipinski definition) is 1. The van der Waals surface area contributed by atoms with E-state index in [0.29, 0.717) is 27.9 Å². The Kier molecular flexibility index (Phi) is 3.21. The van der Waals surface area contributed by atoms with Crippen LogP contribution in [0.2, 0.25) is 0 Å². The zero-order valence-corrected chi connectivity index (χ0v) is 12.0. The van der Waals surface area contributed by atoms with Gasteiger partial charge >= 0.3 is 0 Å². The number of imidazole rings is 1. The van der Waals surface area contributed by atoms with Crippen molar-refractivity contribution >= 4 is 23.4 Å². The third kappa shape index (κ3) is 2.34. The summed E-state index contributed by atoms with van der Waals surface area (Å²) in [5, 5.41) is 11.6. The van der Waals surface area contributed by atoms with Crippen LogP contribution in [0.4, 0.5) is 11.4 Å². The fourth-order valence-electron chi connectivity index (χ4n) is 2.29. The van der Waals surface area contributed by atoms with Crippen LogP contribution in [0.25, 0.3) is 17.5 Å². The monoisotopic (exact) mass is 299 g/mol. The Labute approximate surface area is 125 Å². The van der Waals surface area contributed by atoms with Crippen molar-refractivity contribution in [3.05, 3.63) is 39.2 Å². The van der Waals surface area contributed by atoms with Crippen LogP contribution in [-0.4, -0.2) is 34.9 Å². The van der Waals surface area contributed by atoms with Crippen LogP contribution in [0.15, 0.2) is 23.2 Å². The number of fused-ring (bicyclic) bond motifs is 1. The summed E-state index contributed by atoms with van der Waals surface area (Å²) in [5.41, 5.74) is 1.73. The number of benzene rings is 1. The van der Waals surface area contributed by atoms with E-state index in [-0.39, 0.29) is 18.0 Å². The van der Waals surface area contributed by atoms with Crippen molar-refractivity contribution in [3.8, 4) is 11.4 Å². The van der Waals surface area contributed by atoms with Gasteiger partial charge in [-0.3, -0.25) is 14.9 Å². The fraction of sp³-hybridized carbons (Fsp3) is 0.214. The smallest absolute Gasteiger partial charge is 0.271 e. The third-order valence-corrected chi connectivity index (χ3v) is 3.35. The standard InChI is InChI=1S/C14H13N5O3/c1-18(2)11-7-8(19(21)22)3-4-9(11)13-15-10-5-6-12(20)16-14(10)17-13/h3-5,7H,6H2,1-2H3,(H,15,16,17,20). The minimum absolute atomic E-state index is 0.00944. The summed E-state index contributed by atoms with van der Waals surface area (Å²) >= 11 is 0. The van der Waals surface area contributed by atoms with E-state index in [1.54, 1.807) is 31.1 Å². The lowest BCUT2D eigenvalue weighted by molar-refractivity contribution is -0.384. The lowest BCUT2D eigenvalue weighted by Crippen LogP contribution is -2.29. The topological polar surface area (TPSA) is 104 Å². The van der Waals surface area contributed by atoms with E-state index in [2.05, 4.69) is 15.0 Å². The van der Waals surface area contributed by atoms with Crippen molar-refractivity contribution in [1.29, 1.82) is 0 Å². The number of non-ortho nitro benzene ring substituents is 1. The maximum atomic E-state index is 11.3. The molecule has 1 amide bonds. The van der Waals surface area contributed by atoms with Crippen molar-refractivity contribution in [1.82, 2.24) is 9.97 Å². The summed E-state index contributed by atoms with van der Waals surface area (Å²) in [4.78, 5) is 34.9. The van der Waals surface area contributed by atoms with E-state index in [0.717, 1.165) is 0 Å². The van der Waals surface area contributed by atoms with E-state index >= 15 is 0 Å². The van der Waals surface area contributed by atoms with Gasteiger partial charge in [0.05, 0.1) is 16.0 Å². The van der Waals surface area contributed by atoms with Gasteiger partial charge in [0, 0.05) is 38.2 Å². The molecule has 8 heteroatoms. The van der Waals surface area contributed by atoms with Crippen molar-refractivity contribution in [3.63, 3.8) is 0 Å². The molecule has 0 aliphatic carbocycles. The predicted molar refractivity (Wildman–Crippen MR) is 79.9 cm³/mol. The van der Waals surface area contributed by atoms with Gasteiger partial charge in [0.15, 0.2) is 5.49 Å². The molecule has 1 aliphatic rings. The van der Waals surface area contributed by atoms with Crippen molar-refractivity contribution in [2.45, 2.75) is 6.42 Å². The number of hydrogen-bond acceptors (Lipinski definition) is 5. The minimum atomic E-state index is -0.439. The summed E-state index contributed by atoms with van der Waals surface area (Å²) < 4.78 is 0. The Balaban J connectivity index is 2.19. The highest BCUT2D eigenvalue weighted by atomic mass is 16.6. The number of amides is 1. The van der Waals surface area contributed by atoms with Gasteiger partial charge in [-0.15, -0.1) is 0 Å². The number of aromatic amines is 1. The van der Waals surface area contributed by atoms with Crippen LogP contribution in [-0.2, 0) is 4.79 Å². The molecule has 2 heterocycles. The molecule has 0 unspecified atom stereocenters. The molecule has 0 saturated heterocycles. The number of aromatic nitrogens is 2. The molecule has 1 aromatic heterocycles. The van der Waals surface area contributed by atoms with Gasteiger partial charge in [0.2, 0.25) is 0 Å². The number of rotatable bonds is 3. The van der Waals surface area contributed by atoms with Crippen LogP contribution in [0.5, 0.6) is 0 Å². The Bertz CT molecular complexity index is 898. The van der Waals surface area contributed by atoms with E-state index < -0.39 is 4.92 Å². The third-order valence-electron chi connectivity index (χ3n) is 3.35. The first-order valence-corrected chi connectivity index (χ1v) is 6.59. The van der Waals surface area contributed by atoms with E-state index in [4.69, 9.17) is 0 Å². The molecular formula is C14H13N5O3. The number of nitrogens with zero attached hydrogens (tertiary/aromatic N) is 4. The molecule has 3 rings (SSSR count). The first kappa shape index (κ1) is 13.9. The molecule has 0 atom stereocenters. The summed E-state index contributed by atoms with van der Waals surface area (Å²) in [7, 11) is 3.59. The SMILES string of the molecule is CN(C)c1cc([N+](=O)[O-])ccc1-c1nc2c([nH]1)=CCC(=O)N=2. The second-order valence-corrected chi connectivity index (χ2v) is 5.09. The molecule has 2 aromatic rings. The molecule has 1 N–H and O–H groups in total. The lowest BCUT2D eigenvalue weighted by Gasteiger charge is -2.15. The molecule has 0 radical (unpaired) electrons. The van der Waals surface area contributed by atoms with Gasteiger partial charge in [-0.2, -0.15) is 4.99 Å². The Hall–Kier alpha value is -3.03. The van der Waals surface area contributed by atoms with E-state index in [1.807, 2.05) is 0 Å². The Morgan fingerprint density at radius 3 is 2.82 bits per heavy atom. The van der Waals surface area contributed by atoms with E-state index in [9.17, 15) is 14.9 Å². The number of anilines is 1. The molecule has 0 spiro atoms. The zero-order chi connectivity index (χ0) is 15.9. The number of carbonyl (C=O) groups is 1. The number of nitro groups is 1. The van der Waals surface area contributed by atoms with Crippen LogP contribution < -0.4 is 15.7 Å². The molecule has 1 aliphatic heterocycles. The predicted octanol–water partition coefficient (Wildman–Crippen LogP) is 0.381. The average Bonchev–Trinajstić information content (AvgIpc) is 2.89. The largest absolute Gasteiger partial charge is 0.377 e. The summed E-state index contributed by atoms with van der Waals surface area (Å²) in [6, 6.07) is 4.55.